The van der Waals surface area contributed by atoms with E-state index >= 15 is 0 Å². The lowest BCUT2D eigenvalue weighted by molar-refractivity contribution is -0.147. The van der Waals surface area contributed by atoms with Crippen LogP contribution in [0, 0.1) is 5.92 Å². The Labute approximate surface area is 189 Å². The van der Waals surface area contributed by atoms with E-state index in [0.717, 1.165) is 0 Å². The van der Waals surface area contributed by atoms with Gasteiger partial charge in [-0.3, -0.25) is 9.59 Å². The molecule has 32 heavy (non-hydrogen) atoms. The van der Waals surface area contributed by atoms with Crippen LogP contribution in [0.4, 0.5) is 10.5 Å². The summed E-state index contributed by atoms with van der Waals surface area (Å²) in [6.07, 6.45) is -0.0530. The molecule has 2 heterocycles. The number of ether oxygens (including phenoxy) is 3. The molecule has 11 heteroatoms. The Hall–Kier alpha value is -3.27. The zero-order valence-corrected chi connectivity index (χ0v) is 18.7. The molecule has 1 fully saturated rings. The van der Waals surface area contributed by atoms with Crippen LogP contribution >= 0.6 is 11.6 Å². The maximum Gasteiger partial charge on any atom is 0.338 e. The molecule has 1 aromatic carbocycles. The number of hydrogen-bond donors (Lipinski definition) is 2. The number of nitrogens with one attached hydrogen (secondary N) is 2. The van der Waals surface area contributed by atoms with Gasteiger partial charge in [0.2, 0.25) is 5.91 Å². The molecule has 0 bridgehead atoms. The number of nitrogens with zero attached hydrogens (tertiary/aromatic N) is 1. The zero-order chi connectivity index (χ0) is 23.4. The van der Waals surface area contributed by atoms with Crippen LogP contribution < -0.4 is 20.3 Å². The average molecular weight is 466 g/mol. The first-order valence-electron chi connectivity index (χ1n) is 10.0. The molecular formula is C21H24ClN3O7. The SMILES string of the molecule is CCOC(=O)C1=C(COC(=O)[C@H]2CC(=O)N(c3cc(Cl)ccc3OC)C2)NC(=O)N[C@@H]1C. The number of urea groups is 1. The Morgan fingerprint density at radius 2 is 2.00 bits per heavy atom. The van der Waals surface area contributed by atoms with Crippen LogP contribution in [0.25, 0.3) is 0 Å². The van der Waals surface area contributed by atoms with Crippen LogP contribution in [0.5, 0.6) is 5.75 Å². The normalized spacial score (nSPS) is 20.6. The molecule has 0 unspecified atom stereocenters. The highest BCUT2D eigenvalue weighted by molar-refractivity contribution is 6.31. The lowest BCUT2D eigenvalue weighted by atomic mass is 10.0. The summed E-state index contributed by atoms with van der Waals surface area (Å²) in [5.41, 5.74) is 0.782. The van der Waals surface area contributed by atoms with Gasteiger partial charge >= 0.3 is 18.0 Å². The third kappa shape index (κ3) is 4.96. The molecule has 172 valence electrons. The Bertz CT molecular complexity index is 978. The summed E-state index contributed by atoms with van der Waals surface area (Å²) in [6.45, 7) is 3.19. The molecule has 2 atom stereocenters. The van der Waals surface area contributed by atoms with Gasteiger partial charge in [0.15, 0.2) is 0 Å². The predicted molar refractivity (Wildman–Crippen MR) is 114 cm³/mol. The summed E-state index contributed by atoms with van der Waals surface area (Å²) in [6, 6.07) is 3.73. The number of halogens is 1. The van der Waals surface area contributed by atoms with E-state index in [9.17, 15) is 19.2 Å². The molecule has 2 N–H and O–H groups in total. The van der Waals surface area contributed by atoms with Gasteiger partial charge in [0.05, 0.1) is 42.6 Å². The Morgan fingerprint density at radius 1 is 1.25 bits per heavy atom. The van der Waals surface area contributed by atoms with Crippen molar-refractivity contribution in [2.24, 2.45) is 5.92 Å². The minimum absolute atomic E-state index is 0.0530. The standard InChI is InChI=1S/C21H24ClN3O7/c1-4-31-20(28)18-11(2)23-21(29)24-14(18)10-32-19(27)12-7-17(26)25(9-12)15-8-13(22)5-6-16(15)30-3/h5-6,8,11-12H,4,7,9-10H2,1-3H3,(H2,23,24,29)/t11-,12+/m1/s1. The third-order valence-corrected chi connectivity index (χ3v) is 5.35. The summed E-state index contributed by atoms with van der Waals surface area (Å²) in [5.74, 6) is -1.80. The third-order valence-electron chi connectivity index (χ3n) is 5.11. The fraction of sp³-hybridized carbons (Fsp3) is 0.429. The van der Waals surface area contributed by atoms with E-state index < -0.39 is 29.9 Å². The second-order valence-electron chi connectivity index (χ2n) is 7.26. The number of rotatable bonds is 7. The number of methoxy groups -OCH3 is 1. The highest BCUT2D eigenvalue weighted by Gasteiger charge is 2.38. The second kappa shape index (κ2) is 9.90. The lowest BCUT2D eigenvalue weighted by Gasteiger charge is -2.26. The van der Waals surface area contributed by atoms with Crippen LogP contribution in [0.3, 0.4) is 0 Å². The molecule has 0 saturated carbocycles. The van der Waals surface area contributed by atoms with E-state index in [0.29, 0.717) is 16.5 Å². The topological polar surface area (TPSA) is 123 Å². The number of carbonyl (C=O) groups excluding carboxylic acids is 4. The quantitative estimate of drug-likeness (QED) is 0.588. The molecule has 0 spiro atoms. The van der Waals surface area contributed by atoms with Crippen molar-refractivity contribution < 1.29 is 33.4 Å². The van der Waals surface area contributed by atoms with Crippen LogP contribution in [-0.2, 0) is 23.9 Å². The summed E-state index contributed by atoms with van der Waals surface area (Å²) >= 11 is 6.05. The number of hydrogen-bond acceptors (Lipinski definition) is 7. The Morgan fingerprint density at radius 3 is 2.69 bits per heavy atom. The molecule has 0 radical (unpaired) electrons. The number of anilines is 1. The first-order valence-corrected chi connectivity index (χ1v) is 10.4. The molecular weight excluding hydrogens is 442 g/mol. The summed E-state index contributed by atoms with van der Waals surface area (Å²) in [5, 5.41) is 5.48. The summed E-state index contributed by atoms with van der Waals surface area (Å²) in [7, 11) is 1.47. The summed E-state index contributed by atoms with van der Waals surface area (Å²) in [4.78, 5) is 50.7. The van der Waals surface area contributed by atoms with Gasteiger partial charge in [-0.2, -0.15) is 0 Å². The Kier molecular flexibility index (Phi) is 7.24. The second-order valence-corrected chi connectivity index (χ2v) is 7.70. The van der Waals surface area contributed by atoms with Gasteiger partial charge in [-0.25, -0.2) is 9.59 Å². The molecule has 1 saturated heterocycles. The van der Waals surface area contributed by atoms with Crippen LogP contribution in [0.1, 0.15) is 20.3 Å². The van der Waals surface area contributed by atoms with Gasteiger partial charge in [-0.05, 0) is 32.0 Å². The van der Waals surface area contributed by atoms with Crippen molar-refractivity contribution in [2.45, 2.75) is 26.3 Å². The monoisotopic (exact) mass is 465 g/mol. The maximum absolute atomic E-state index is 12.7. The van der Waals surface area contributed by atoms with E-state index in [1.54, 1.807) is 32.0 Å². The number of esters is 2. The van der Waals surface area contributed by atoms with E-state index in [1.165, 1.54) is 12.0 Å². The van der Waals surface area contributed by atoms with E-state index in [4.69, 9.17) is 25.8 Å². The van der Waals surface area contributed by atoms with Crippen molar-refractivity contribution >= 4 is 41.2 Å². The first kappa shape index (κ1) is 23.4. The van der Waals surface area contributed by atoms with E-state index in [2.05, 4.69) is 10.6 Å². The van der Waals surface area contributed by atoms with E-state index in [-0.39, 0.29) is 43.4 Å². The lowest BCUT2D eigenvalue weighted by Crippen LogP contribution is -2.50. The molecule has 3 rings (SSSR count). The number of amides is 3. The molecule has 2 aliphatic rings. The minimum Gasteiger partial charge on any atom is -0.495 e. The van der Waals surface area contributed by atoms with Crippen molar-refractivity contribution in [3.8, 4) is 5.75 Å². The average Bonchev–Trinajstić information content (AvgIpc) is 3.13. The smallest absolute Gasteiger partial charge is 0.338 e. The molecule has 0 aliphatic carbocycles. The largest absolute Gasteiger partial charge is 0.495 e. The van der Waals surface area contributed by atoms with Gasteiger partial charge in [0.25, 0.3) is 0 Å². The molecule has 1 aromatic rings. The van der Waals surface area contributed by atoms with Gasteiger partial charge < -0.3 is 29.7 Å². The highest BCUT2D eigenvalue weighted by atomic mass is 35.5. The minimum atomic E-state index is -0.729. The highest BCUT2D eigenvalue weighted by Crippen LogP contribution is 2.35. The van der Waals surface area contributed by atoms with Crippen molar-refractivity contribution in [1.29, 1.82) is 0 Å². The van der Waals surface area contributed by atoms with Gasteiger partial charge in [-0.1, -0.05) is 11.6 Å². The number of carbonyl (C=O) groups is 4. The molecule has 0 aromatic heterocycles. The van der Waals surface area contributed by atoms with E-state index in [1.807, 2.05) is 0 Å². The molecule has 2 aliphatic heterocycles. The first-order chi connectivity index (χ1) is 15.2. The fourth-order valence-corrected chi connectivity index (χ4v) is 3.79. The van der Waals surface area contributed by atoms with Crippen molar-refractivity contribution in [1.82, 2.24) is 10.6 Å². The van der Waals surface area contributed by atoms with Gasteiger partial charge in [0.1, 0.15) is 12.4 Å². The van der Waals surface area contributed by atoms with Crippen LogP contribution in [0.2, 0.25) is 5.02 Å². The maximum atomic E-state index is 12.7. The van der Waals surface area contributed by atoms with Crippen LogP contribution in [-0.4, -0.2) is 56.8 Å². The predicted octanol–water partition coefficient (Wildman–Crippen LogP) is 1.76. The van der Waals surface area contributed by atoms with Crippen molar-refractivity contribution in [3.05, 3.63) is 34.5 Å². The zero-order valence-electron chi connectivity index (χ0n) is 17.9. The molecule has 10 nitrogen and oxygen atoms in total. The van der Waals surface area contributed by atoms with Gasteiger partial charge in [0, 0.05) is 18.0 Å². The van der Waals surface area contributed by atoms with Crippen molar-refractivity contribution in [3.63, 3.8) is 0 Å². The molecule has 3 amide bonds. The summed E-state index contributed by atoms with van der Waals surface area (Å²) < 4.78 is 15.7. The Balaban J connectivity index is 1.72. The van der Waals surface area contributed by atoms with Crippen molar-refractivity contribution in [2.75, 3.05) is 31.8 Å². The van der Waals surface area contributed by atoms with Gasteiger partial charge in [-0.15, -0.1) is 0 Å². The fourth-order valence-electron chi connectivity index (χ4n) is 3.63. The number of benzene rings is 1. The van der Waals surface area contributed by atoms with Crippen LogP contribution in [0.15, 0.2) is 29.5 Å².